The van der Waals surface area contributed by atoms with Crippen LogP contribution in [0.1, 0.15) is 17.7 Å². The van der Waals surface area contributed by atoms with Crippen molar-refractivity contribution in [3.8, 4) is 0 Å². The average Bonchev–Trinajstić information content (AvgIpc) is 3.16. The number of carbonyl (C=O) groups excluding carboxylic acids is 1. The summed E-state index contributed by atoms with van der Waals surface area (Å²) in [6.07, 6.45) is 1.51. The lowest BCUT2D eigenvalue weighted by molar-refractivity contribution is -0.144. The van der Waals surface area contributed by atoms with Crippen LogP contribution >= 0.6 is 27.3 Å². The van der Waals surface area contributed by atoms with E-state index in [2.05, 4.69) is 33.0 Å². The molecule has 0 spiro atoms. The van der Waals surface area contributed by atoms with Crippen LogP contribution in [-0.4, -0.2) is 60.6 Å². The topological polar surface area (TPSA) is 58.8 Å². The maximum absolute atomic E-state index is 12.5. The smallest absolute Gasteiger partial charge is 0.251 e. The second-order valence-corrected chi connectivity index (χ2v) is 8.41. The Morgan fingerprint density at radius 2 is 2.09 bits per heavy atom. The number of carbonyl (C=O) groups is 1. The van der Waals surface area contributed by atoms with Crippen LogP contribution in [0.3, 0.4) is 0 Å². The molecular formula is C15H22BrN3O2S. The van der Waals surface area contributed by atoms with Crippen LogP contribution in [0, 0.1) is 0 Å². The first kappa shape index (κ1) is 16.4. The summed E-state index contributed by atoms with van der Waals surface area (Å²) in [6, 6.07) is 4.25. The third kappa shape index (κ3) is 3.89. The Morgan fingerprint density at radius 3 is 2.68 bits per heavy atom. The molecule has 2 N–H and O–H groups in total. The van der Waals surface area contributed by atoms with Crippen molar-refractivity contribution in [3.05, 3.63) is 20.8 Å². The highest BCUT2D eigenvalue weighted by molar-refractivity contribution is 9.11. The minimum absolute atomic E-state index is 0.0625. The first-order chi connectivity index (χ1) is 10.7. The Hall–Kier alpha value is -0.470. The number of nitrogens with two attached hydrogens (primary N) is 1. The molecule has 0 aromatic carbocycles. The van der Waals surface area contributed by atoms with Gasteiger partial charge in [0.1, 0.15) is 6.10 Å². The molecule has 2 saturated heterocycles. The molecule has 2 atom stereocenters. The van der Waals surface area contributed by atoms with E-state index < -0.39 is 0 Å². The fourth-order valence-electron chi connectivity index (χ4n) is 3.05. The van der Waals surface area contributed by atoms with Crippen molar-refractivity contribution in [1.29, 1.82) is 0 Å². The average molecular weight is 388 g/mol. The lowest BCUT2D eigenvalue weighted by atomic mass is 10.1. The van der Waals surface area contributed by atoms with E-state index in [0.717, 1.165) is 45.6 Å². The van der Waals surface area contributed by atoms with Gasteiger partial charge in [0.15, 0.2) is 0 Å². The zero-order valence-electron chi connectivity index (χ0n) is 12.5. The standard InChI is InChI=1S/C15H22BrN3O2S/c16-14-4-2-12(22-14)10-18-5-7-19(8-6-18)15(20)13-3-1-11(9-17)21-13/h2,4,11,13H,1,3,5-10,17H2/t11-,13+/m1/s1. The molecule has 0 aliphatic carbocycles. The van der Waals surface area contributed by atoms with Gasteiger partial charge in [0, 0.05) is 44.1 Å². The van der Waals surface area contributed by atoms with Crippen LogP contribution in [0.15, 0.2) is 15.9 Å². The predicted octanol–water partition coefficient (Wildman–Crippen LogP) is 1.66. The molecule has 1 aromatic heterocycles. The van der Waals surface area contributed by atoms with Crippen molar-refractivity contribution in [2.75, 3.05) is 32.7 Å². The van der Waals surface area contributed by atoms with Gasteiger partial charge in [-0.25, -0.2) is 0 Å². The highest BCUT2D eigenvalue weighted by Gasteiger charge is 2.34. The summed E-state index contributed by atoms with van der Waals surface area (Å²) in [4.78, 5) is 18.2. The Morgan fingerprint density at radius 1 is 1.32 bits per heavy atom. The zero-order chi connectivity index (χ0) is 15.5. The molecule has 5 nitrogen and oxygen atoms in total. The van der Waals surface area contributed by atoms with Gasteiger partial charge in [-0.3, -0.25) is 9.69 Å². The van der Waals surface area contributed by atoms with Crippen molar-refractivity contribution in [3.63, 3.8) is 0 Å². The van der Waals surface area contributed by atoms with E-state index in [1.54, 1.807) is 11.3 Å². The number of ether oxygens (including phenoxy) is 1. The molecule has 0 bridgehead atoms. The summed E-state index contributed by atoms with van der Waals surface area (Å²) in [6.45, 7) is 4.90. The van der Waals surface area contributed by atoms with Crippen LogP contribution in [0.5, 0.6) is 0 Å². The molecule has 22 heavy (non-hydrogen) atoms. The quantitative estimate of drug-likeness (QED) is 0.853. The highest BCUT2D eigenvalue weighted by atomic mass is 79.9. The SMILES string of the molecule is NC[C@H]1CC[C@@H](C(=O)N2CCN(Cc3ccc(Br)s3)CC2)O1. The van der Waals surface area contributed by atoms with Gasteiger partial charge in [-0.15, -0.1) is 11.3 Å². The summed E-state index contributed by atoms with van der Waals surface area (Å²) in [7, 11) is 0. The molecule has 1 amide bonds. The molecule has 7 heteroatoms. The zero-order valence-corrected chi connectivity index (χ0v) is 14.9. The van der Waals surface area contributed by atoms with E-state index >= 15 is 0 Å². The van der Waals surface area contributed by atoms with E-state index in [1.807, 2.05) is 4.90 Å². The number of halogens is 1. The van der Waals surface area contributed by atoms with Gasteiger partial charge in [-0.05, 0) is 40.9 Å². The molecule has 3 heterocycles. The van der Waals surface area contributed by atoms with E-state index in [9.17, 15) is 4.79 Å². The van der Waals surface area contributed by atoms with E-state index in [1.165, 1.54) is 8.66 Å². The van der Waals surface area contributed by atoms with Gasteiger partial charge in [0.05, 0.1) is 9.89 Å². The summed E-state index contributed by atoms with van der Waals surface area (Å²) in [5.74, 6) is 0.148. The van der Waals surface area contributed by atoms with Crippen molar-refractivity contribution in [2.45, 2.75) is 31.6 Å². The maximum atomic E-state index is 12.5. The summed E-state index contributed by atoms with van der Waals surface area (Å²) in [5.41, 5.74) is 5.61. The lowest BCUT2D eigenvalue weighted by Gasteiger charge is -2.35. The number of hydrogen-bond acceptors (Lipinski definition) is 5. The first-order valence-electron chi connectivity index (χ1n) is 7.76. The van der Waals surface area contributed by atoms with E-state index in [0.29, 0.717) is 6.54 Å². The molecule has 2 aliphatic rings. The molecule has 0 unspecified atom stereocenters. The number of rotatable bonds is 4. The Balaban J connectivity index is 1.46. The number of thiophene rings is 1. The van der Waals surface area contributed by atoms with E-state index in [-0.39, 0.29) is 18.1 Å². The van der Waals surface area contributed by atoms with Crippen LogP contribution in [0.4, 0.5) is 0 Å². The molecule has 2 fully saturated rings. The third-order valence-corrected chi connectivity index (χ3v) is 5.95. The summed E-state index contributed by atoms with van der Waals surface area (Å²) in [5, 5.41) is 0. The molecule has 0 saturated carbocycles. The minimum atomic E-state index is -0.270. The van der Waals surface area contributed by atoms with Crippen molar-refractivity contribution < 1.29 is 9.53 Å². The van der Waals surface area contributed by atoms with Gasteiger partial charge in [-0.1, -0.05) is 0 Å². The number of amides is 1. The Labute approximate surface area is 143 Å². The monoisotopic (exact) mass is 387 g/mol. The van der Waals surface area contributed by atoms with Gasteiger partial charge in [-0.2, -0.15) is 0 Å². The van der Waals surface area contributed by atoms with E-state index in [4.69, 9.17) is 10.5 Å². The Bertz CT molecular complexity index is 517. The largest absolute Gasteiger partial charge is 0.364 e. The second-order valence-electron chi connectivity index (χ2n) is 5.87. The van der Waals surface area contributed by atoms with Gasteiger partial charge < -0.3 is 15.4 Å². The van der Waals surface area contributed by atoms with Crippen LogP contribution in [-0.2, 0) is 16.1 Å². The molecule has 2 aliphatic heterocycles. The predicted molar refractivity (Wildman–Crippen MR) is 90.8 cm³/mol. The normalized spacial score (nSPS) is 26.5. The second kappa shape index (κ2) is 7.40. The van der Waals surface area contributed by atoms with Crippen LogP contribution < -0.4 is 5.73 Å². The van der Waals surface area contributed by atoms with Crippen LogP contribution in [0.2, 0.25) is 0 Å². The summed E-state index contributed by atoms with van der Waals surface area (Å²) < 4.78 is 6.89. The van der Waals surface area contributed by atoms with Crippen LogP contribution in [0.25, 0.3) is 0 Å². The third-order valence-electron chi connectivity index (χ3n) is 4.34. The van der Waals surface area contributed by atoms with Gasteiger partial charge in [0.25, 0.3) is 5.91 Å². The molecule has 3 rings (SSSR count). The van der Waals surface area contributed by atoms with Crippen molar-refractivity contribution in [1.82, 2.24) is 9.80 Å². The summed E-state index contributed by atoms with van der Waals surface area (Å²) >= 11 is 5.27. The fraction of sp³-hybridized carbons (Fsp3) is 0.667. The molecule has 0 radical (unpaired) electrons. The maximum Gasteiger partial charge on any atom is 0.251 e. The minimum Gasteiger partial charge on any atom is -0.364 e. The van der Waals surface area contributed by atoms with Crippen molar-refractivity contribution in [2.24, 2.45) is 5.73 Å². The molecule has 122 valence electrons. The Kier molecular flexibility index (Phi) is 5.51. The number of hydrogen-bond donors (Lipinski definition) is 1. The first-order valence-corrected chi connectivity index (χ1v) is 9.37. The molecular weight excluding hydrogens is 366 g/mol. The van der Waals surface area contributed by atoms with Gasteiger partial charge >= 0.3 is 0 Å². The van der Waals surface area contributed by atoms with Gasteiger partial charge in [0.2, 0.25) is 0 Å². The number of piperazine rings is 1. The lowest BCUT2D eigenvalue weighted by Crippen LogP contribution is -2.51. The van der Waals surface area contributed by atoms with Crippen molar-refractivity contribution >= 4 is 33.2 Å². The highest BCUT2D eigenvalue weighted by Crippen LogP contribution is 2.24. The molecule has 1 aromatic rings. The fourth-order valence-corrected chi connectivity index (χ4v) is 4.57. The number of nitrogens with zero attached hydrogens (tertiary/aromatic N) is 2.